The first-order valence-electron chi connectivity index (χ1n) is 21.0. The second kappa shape index (κ2) is 12.7. The van der Waals surface area contributed by atoms with Crippen LogP contribution in [0.2, 0.25) is 0 Å². The van der Waals surface area contributed by atoms with Gasteiger partial charge < -0.3 is 5.32 Å². The SMILES string of the molecule is CC1(C)c2ccccc2-c2cc3c(cc21)-c1c(-c2cccc(-c4cccc(C5N=C(c6ccccc6)c6c(sc7ccccc67)N5)c4)c2)cccc1C31CCCCC1. The van der Waals surface area contributed by atoms with Crippen LogP contribution in [0.15, 0.2) is 163 Å². The van der Waals surface area contributed by atoms with Gasteiger partial charge in [0.05, 0.1) is 5.71 Å². The highest BCUT2D eigenvalue weighted by molar-refractivity contribution is 7.23. The molecule has 0 amide bonds. The van der Waals surface area contributed by atoms with E-state index in [9.17, 15) is 0 Å². The van der Waals surface area contributed by atoms with Crippen molar-refractivity contribution in [1.29, 1.82) is 0 Å². The molecule has 280 valence electrons. The number of hydrogen-bond donors (Lipinski definition) is 1. The van der Waals surface area contributed by atoms with Crippen LogP contribution in [0.5, 0.6) is 0 Å². The molecule has 58 heavy (non-hydrogen) atoms. The third-order valence-electron chi connectivity index (χ3n) is 13.9. The van der Waals surface area contributed by atoms with Crippen molar-refractivity contribution >= 4 is 32.1 Å². The molecule has 1 spiro atoms. The van der Waals surface area contributed by atoms with E-state index in [1.54, 1.807) is 5.56 Å². The smallest absolute Gasteiger partial charge is 0.146 e. The maximum atomic E-state index is 5.45. The first-order chi connectivity index (χ1) is 28.5. The van der Waals surface area contributed by atoms with Crippen LogP contribution in [0.25, 0.3) is 54.6 Å². The maximum Gasteiger partial charge on any atom is 0.146 e. The summed E-state index contributed by atoms with van der Waals surface area (Å²) in [6.07, 6.45) is 6.14. The van der Waals surface area contributed by atoms with Gasteiger partial charge in [0.1, 0.15) is 11.2 Å². The number of hydrogen-bond acceptors (Lipinski definition) is 3. The van der Waals surface area contributed by atoms with Gasteiger partial charge in [-0.3, -0.25) is 4.99 Å². The van der Waals surface area contributed by atoms with Gasteiger partial charge in [0.25, 0.3) is 0 Å². The molecule has 3 heteroatoms. The van der Waals surface area contributed by atoms with Gasteiger partial charge in [0, 0.05) is 32.0 Å². The molecule has 8 aromatic rings. The van der Waals surface area contributed by atoms with Crippen molar-refractivity contribution in [2.45, 2.75) is 62.9 Å². The highest BCUT2D eigenvalue weighted by atomic mass is 32.1. The molecule has 0 radical (unpaired) electrons. The highest BCUT2D eigenvalue weighted by Crippen LogP contribution is 2.61. The van der Waals surface area contributed by atoms with E-state index >= 15 is 0 Å². The standard InChI is InChI=1S/C55H44N2S/c1-54(2)44-25-9-7-22-40(44)42-32-47-43(33-46(42)54)49-39(24-15-26-45(49)55(47)28-11-4-12-29-55)37-20-13-18-35(30-37)36-19-14-21-38(31-36)52-56-51(34-16-5-3-6-17-34)50-41-23-8-10-27-48(41)58-53(50)57-52/h3,5-10,13-27,30-33,52,57H,4,11-12,28-29H2,1-2H3. The summed E-state index contributed by atoms with van der Waals surface area (Å²) in [6.45, 7) is 4.83. The van der Waals surface area contributed by atoms with E-state index in [0.29, 0.717) is 0 Å². The maximum absolute atomic E-state index is 5.45. The Balaban J connectivity index is 0.965. The number of anilines is 1. The second-order valence-electron chi connectivity index (χ2n) is 17.4. The molecule has 1 atom stereocenters. The van der Waals surface area contributed by atoms with E-state index in [1.165, 1.54) is 114 Å². The topological polar surface area (TPSA) is 24.4 Å². The van der Waals surface area contributed by atoms with Crippen LogP contribution in [0.4, 0.5) is 5.00 Å². The molecule has 3 aliphatic carbocycles. The molecule has 0 saturated heterocycles. The first-order valence-corrected chi connectivity index (χ1v) is 21.8. The van der Waals surface area contributed by atoms with Crippen LogP contribution in [0, 0.1) is 0 Å². The molecule has 1 fully saturated rings. The molecule has 2 nitrogen and oxygen atoms in total. The number of nitrogens with zero attached hydrogens (tertiary/aromatic N) is 1. The number of aliphatic imine (C=N–C) groups is 1. The van der Waals surface area contributed by atoms with Crippen molar-refractivity contribution in [2.75, 3.05) is 5.32 Å². The molecule has 2 heterocycles. The third-order valence-corrected chi connectivity index (χ3v) is 15.0. The van der Waals surface area contributed by atoms with Gasteiger partial charge in [-0.1, -0.05) is 161 Å². The Hall–Kier alpha value is -6.03. The molecular formula is C55H44N2S. The van der Waals surface area contributed by atoms with Gasteiger partial charge in [0.15, 0.2) is 0 Å². The minimum Gasteiger partial charge on any atom is -0.351 e. The summed E-state index contributed by atoms with van der Waals surface area (Å²) in [5, 5.41) is 6.28. The normalized spacial score (nSPS) is 17.8. The zero-order valence-corrected chi connectivity index (χ0v) is 33.8. The van der Waals surface area contributed by atoms with Crippen molar-refractivity contribution in [3.63, 3.8) is 0 Å². The summed E-state index contributed by atoms with van der Waals surface area (Å²) in [4.78, 5) is 5.45. The van der Waals surface area contributed by atoms with Gasteiger partial charge in [0.2, 0.25) is 0 Å². The lowest BCUT2D eigenvalue weighted by Crippen LogP contribution is -2.28. The van der Waals surface area contributed by atoms with Crippen LogP contribution in [0.3, 0.4) is 0 Å². The fourth-order valence-corrected chi connectivity index (χ4v) is 12.3. The van der Waals surface area contributed by atoms with Crippen molar-refractivity contribution in [3.05, 3.63) is 197 Å². The Morgan fingerprint density at radius 3 is 2.07 bits per heavy atom. The number of benzene rings is 7. The van der Waals surface area contributed by atoms with E-state index in [-0.39, 0.29) is 17.0 Å². The van der Waals surface area contributed by atoms with Crippen LogP contribution in [0.1, 0.15) is 91.1 Å². The first kappa shape index (κ1) is 34.0. The summed E-state index contributed by atoms with van der Waals surface area (Å²) in [5.41, 5.74) is 21.4. The zero-order valence-electron chi connectivity index (χ0n) is 33.0. The Morgan fingerprint density at radius 1 is 0.517 bits per heavy atom. The van der Waals surface area contributed by atoms with Crippen molar-refractivity contribution < 1.29 is 0 Å². The lowest BCUT2D eigenvalue weighted by Gasteiger charge is -2.36. The van der Waals surface area contributed by atoms with Crippen LogP contribution < -0.4 is 5.32 Å². The Labute approximate surface area is 345 Å². The van der Waals surface area contributed by atoms with Crippen molar-refractivity contribution in [2.24, 2.45) is 4.99 Å². The predicted octanol–water partition coefficient (Wildman–Crippen LogP) is 14.7. The van der Waals surface area contributed by atoms with Gasteiger partial charge in [-0.25, -0.2) is 0 Å². The van der Waals surface area contributed by atoms with Crippen molar-refractivity contribution in [1.82, 2.24) is 0 Å². The molecule has 1 unspecified atom stereocenters. The van der Waals surface area contributed by atoms with Crippen molar-refractivity contribution in [3.8, 4) is 44.5 Å². The van der Waals surface area contributed by atoms with E-state index in [0.717, 1.165) is 16.8 Å². The molecule has 1 aliphatic heterocycles. The molecular weight excluding hydrogens is 721 g/mol. The Bertz CT molecular complexity index is 2990. The fourth-order valence-electron chi connectivity index (χ4n) is 11.1. The molecule has 0 bridgehead atoms. The average Bonchev–Trinajstić information content (AvgIpc) is 3.86. The number of fused-ring (bicyclic) bond motifs is 11. The van der Waals surface area contributed by atoms with Crippen LogP contribution in [-0.4, -0.2) is 5.71 Å². The lowest BCUT2D eigenvalue weighted by molar-refractivity contribution is 0.353. The Morgan fingerprint density at radius 2 is 1.19 bits per heavy atom. The zero-order chi connectivity index (χ0) is 38.6. The minimum atomic E-state index is -0.198. The second-order valence-corrected chi connectivity index (χ2v) is 18.4. The van der Waals surface area contributed by atoms with E-state index in [2.05, 4.69) is 177 Å². The van der Waals surface area contributed by atoms with Crippen LogP contribution >= 0.6 is 11.3 Å². The van der Waals surface area contributed by atoms with E-state index < -0.39 is 0 Å². The Kier molecular flexibility index (Phi) is 7.48. The van der Waals surface area contributed by atoms with Gasteiger partial charge in [-0.05, 0) is 115 Å². The minimum absolute atomic E-state index is 0.0407. The fraction of sp³-hybridized carbons (Fsp3) is 0.182. The summed E-state index contributed by atoms with van der Waals surface area (Å²) < 4.78 is 1.28. The molecule has 1 N–H and O–H groups in total. The van der Waals surface area contributed by atoms with E-state index in [4.69, 9.17) is 4.99 Å². The number of rotatable bonds is 4. The molecule has 7 aromatic carbocycles. The molecule has 1 aromatic heterocycles. The summed E-state index contributed by atoms with van der Waals surface area (Å²) >= 11 is 1.82. The summed E-state index contributed by atoms with van der Waals surface area (Å²) in [5.74, 6) is 0. The summed E-state index contributed by atoms with van der Waals surface area (Å²) in [6, 6.07) is 59.1. The highest BCUT2D eigenvalue weighted by Gasteiger charge is 2.47. The largest absolute Gasteiger partial charge is 0.351 e. The van der Waals surface area contributed by atoms with E-state index in [1.807, 2.05) is 11.3 Å². The third kappa shape index (κ3) is 4.93. The van der Waals surface area contributed by atoms with Gasteiger partial charge >= 0.3 is 0 Å². The molecule has 4 aliphatic rings. The number of thiophene rings is 1. The summed E-state index contributed by atoms with van der Waals surface area (Å²) in [7, 11) is 0. The predicted molar refractivity (Wildman–Crippen MR) is 244 cm³/mol. The van der Waals surface area contributed by atoms with Crippen LogP contribution in [-0.2, 0) is 10.8 Å². The quantitative estimate of drug-likeness (QED) is 0.190. The average molecular weight is 765 g/mol. The monoisotopic (exact) mass is 764 g/mol. The number of nitrogens with one attached hydrogen (secondary N) is 1. The lowest BCUT2D eigenvalue weighted by atomic mass is 9.67. The van der Waals surface area contributed by atoms with Gasteiger partial charge in [-0.2, -0.15) is 0 Å². The molecule has 1 saturated carbocycles. The molecule has 12 rings (SSSR count). The van der Waals surface area contributed by atoms with Gasteiger partial charge in [-0.15, -0.1) is 11.3 Å².